The van der Waals surface area contributed by atoms with E-state index >= 15 is 0 Å². The number of amides is 1. The molecule has 0 bridgehead atoms. The van der Waals surface area contributed by atoms with E-state index in [4.69, 9.17) is 13.9 Å². The van der Waals surface area contributed by atoms with Crippen molar-refractivity contribution in [2.45, 2.75) is 44.8 Å². The minimum absolute atomic E-state index is 0.0799. The molecule has 29 heavy (non-hydrogen) atoms. The van der Waals surface area contributed by atoms with Crippen molar-refractivity contribution in [3.8, 4) is 5.75 Å². The number of halogens is 1. The fourth-order valence-electron chi connectivity index (χ4n) is 3.92. The molecule has 3 heterocycles. The minimum Gasteiger partial charge on any atom is -0.490 e. The third kappa shape index (κ3) is 4.34. The van der Waals surface area contributed by atoms with E-state index < -0.39 is 5.63 Å². The van der Waals surface area contributed by atoms with Gasteiger partial charge in [-0.3, -0.25) is 4.79 Å². The first kappa shape index (κ1) is 19.6. The molecule has 0 spiro atoms. The summed E-state index contributed by atoms with van der Waals surface area (Å²) in [4.78, 5) is 27.1. The summed E-state index contributed by atoms with van der Waals surface area (Å²) in [5.41, 5.74) is 0.0739. The molecular formula is C22H24FNO5. The van der Waals surface area contributed by atoms with E-state index in [0.29, 0.717) is 49.6 Å². The Morgan fingerprint density at radius 1 is 1.21 bits per heavy atom. The van der Waals surface area contributed by atoms with Crippen LogP contribution in [-0.4, -0.2) is 36.6 Å². The predicted molar refractivity (Wildman–Crippen MR) is 104 cm³/mol. The fourth-order valence-corrected chi connectivity index (χ4v) is 3.92. The zero-order chi connectivity index (χ0) is 20.4. The molecule has 2 saturated heterocycles. The van der Waals surface area contributed by atoms with E-state index in [1.54, 1.807) is 30.0 Å². The Morgan fingerprint density at radius 3 is 2.66 bits per heavy atom. The van der Waals surface area contributed by atoms with E-state index in [9.17, 15) is 14.0 Å². The molecule has 6 nitrogen and oxygen atoms in total. The summed E-state index contributed by atoms with van der Waals surface area (Å²) in [7, 11) is 0. The lowest BCUT2D eigenvalue weighted by atomic mass is 10.0. The van der Waals surface area contributed by atoms with Crippen LogP contribution >= 0.6 is 0 Å². The van der Waals surface area contributed by atoms with Crippen LogP contribution in [0.5, 0.6) is 5.75 Å². The average Bonchev–Trinajstić information content (AvgIpc) is 3.23. The van der Waals surface area contributed by atoms with E-state index in [1.807, 2.05) is 0 Å². The lowest BCUT2D eigenvalue weighted by molar-refractivity contribution is 0.0586. The molecule has 1 aromatic carbocycles. The highest BCUT2D eigenvalue weighted by molar-refractivity contribution is 5.95. The largest absolute Gasteiger partial charge is 0.490 e. The molecule has 4 rings (SSSR count). The van der Waals surface area contributed by atoms with Crippen molar-refractivity contribution in [3.63, 3.8) is 0 Å². The van der Waals surface area contributed by atoms with Crippen molar-refractivity contribution in [2.24, 2.45) is 0 Å². The summed E-state index contributed by atoms with van der Waals surface area (Å²) in [5, 5.41) is 0. The van der Waals surface area contributed by atoms with Crippen molar-refractivity contribution in [1.29, 1.82) is 0 Å². The zero-order valence-electron chi connectivity index (χ0n) is 16.4. The fraction of sp³-hybridized carbons (Fsp3) is 0.455. The topological polar surface area (TPSA) is 69.0 Å². The first-order valence-corrected chi connectivity index (χ1v) is 9.99. The lowest BCUT2D eigenvalue weighted by Gasteiger charge is -2.32. The number of benzene rings is 1. The maximum Gasteiger partial charge on any atom is 0.349 e. The maximum atomic E-state index is 13.3. The average molecular weight is 401 g/mol. The van der Waals surface area contributed by atoms with Crippen LogP contribution in [0, 0.1) is 12.7 Å². The highest BCUT2D eigenvalue weighted by Crippen LogP contribution is 2.29. The van der Waals surface area contributed by atoms with Crippen LogP contribution in [0.15, 0.2) is 39.5 Å². The molecule has 1 amide bonds. The predicted octanol–water partition coefficient (Wildman–Crippen LogP) is 3.62. The number of ether oxygens (including phenoxy) is 2. The Hall–Kier alpha value is -2.67. The second-order valence-corrected chi connectivity index (χ2v) is 7.56. The van der Waals surface area contributed by atoms with Crippen LogP contribution in [-0.2, 0) is 4.74 Å². The number of aryl methyl sites for hydroxylation is 1. The zero-order valence-corrected chi connectivity index (χ0v) is 16.4. The van der Waals surface area contributed by atoms with Gasteiger partial charge in [0.2, 0.25) is 0 Å². The molecule has 1 unspecified atom stereocenters. The van der Waals surface area contributed by atoms with Gasteiger partial charge in [0.05, 0.1) is 0 Å². The molecular weight excluding hydrogens is 377 g/mol. The SMILES string of the molecule is Cc1cc(C2CCCO2)oc(=O)c1C(=O)N1CCC(Oc2cccc(F)c2)CC1. The van der Waals surface area contributed by atoms with Gasteiger partial charge in [0, 0.05) is 38.6 Å². The number of carbonyl (C=O) groups excluding carboxylic acids is 1. The molecule has 0 N–H and O–H groups in total. The van der Waals surface area contributed by atoms with Crippen LogP contribution in [0.1, 0.15) is 53.5 Å². The van der Waals surface area contributed by atoms with E-state index in [0.717, 1.165) is 12.8 Å². The molecule has 0 aliphatic carbocycles. The minimum atomic E-state index is -0.612. The number of rotatable bonds is 4. The van der Waals surface area contributed by atoms with Crippen molar-refractivity contribution in [2.75, 3.05) is 19.7 Å². The molecule has 7 heteroatoms. The second kappa shape index (κ2) is 8.37. The lowest BCUT2D eigenvalue weighted by Crippen LogP contribution is -2.43. The van der Waals surface area contributed by atoms with Gasteiger partial charge in [-0.1, -0.05) is 6.07 Å². The van der Waals surface area contributed by atoms with Crippen LogP contribution < -0.4 is 10.4 Å². The first-order valence-electron chi connectivity index (χ1n) is 9.99. The summed E-state index contributed by atoms with van der Waals surface area (Å²) in [6.07, 6.45) is 2.66. The number of nitrogens with zero attached hydrogens (tertiary/aromatic N) is 1. The second-order valence-electron chi connectivity index (χ2n) is 7.56. The van der Waals surface area contributed by atoms with Crippen molar-refractivity contribution in [3.05, 3.63) is 63.5 Å². The summed E-state index contributed by atoms with van der Waals surface area (Å²) >= 11 is 0. The van der Waals surface area contributed by atoms with Gasteiger partial charge in [0.15, 0.2) is 0 Å². The summed E-state index contributed by atoms with van der Waals surface area (Å²) in [6.45, 7) is 3.33. The van der Waals surface area contributed by atoms with Crippen LogP contribution in [0.2, 0.25) is 0 Å². The molecule has 1 atom stereocenters. The van der Waals surface area contributed by atoms with Gasteiger partial charge in [-0.25, -0.2) is 9.18 Å². The van der Waals surface area contributed by atoms with Gasteiger partial charge >= 0.3 is 5.63 Å². The monoisotopic (exact) mass is 401 g/mol. The number of hydrogen-bond acceptors (Lipinski definition) is 5. The quantitative estimate of drug-likeness (QED) is 0.783. The van der Waals surface area contributed by atoms with Crippen molar-refractivity contribution >= 4 is 5.91 Å². The normalized spacial score (nSPS) is 20.1. The smallest absolute Gasteiger partial charge is 0.349 e. The molecule has 2 fully saturated rings. The Labute approximate surface area is 168 Å². The number of carbonyl (C=O) groups is 1. The third-order valence-electron chi connectivity index (χ3n) is 5.46. The van der Waals surface area contributed by atoms with Gasteiger partial charge in [-0.2, -0.15) is 0 Å². The molecule has 1 aromatic heterocycles. The van der Waals surface area contributed by atoms with Crippen LogP contribution in [0.25, 0.3) is 0 Å². The van der Waals surface area contributed by atoms with Gasteiger partial charge in [0.25, 0.3) is 5.91 Å². The van der Waals surface area contributed by atoms with Crippen molar-refractivity contribution < 1.29 is 23.1 Å². The number of piperidine rings is 1. The Morgan fingerprint density at radius 2 is 2.00 bits per heavy atom. The Kier molecular flexibility index (Phi) is 5.67. The first-order chi connectivity index (χ1) is 14.0. The van der Waals surface area contributed by atoms with Gasteiger partial charge in [-0.05, 0) is 43.5 Å². The summed E-state index contributed by atoms with van der Waals surface area (Å²) in [6, 6.07) is 7.77. The van der Waals surface area contributed by atoms with E-state index in [1.165, 1.54) is 12.1 Å². The summed E-state index contributed by atoms with van der Waals surface area (Å²) < 4.78 is 30.1. The standard InChI is InChI=1S/C22H24FNO5/c1-14-12-19(18-6-3-11-27-18)29-22(26)20(14)21(25)24-9-7-16(8-10-24)28-17-5-2-4-15(23)13-17/h2,4-5,12-13,16,18H,3,6-11H2,1H3. The van der Waals surface area contributed by atoms with Gasteiger partial charge < -0.3 is 18.8 Å². The van der Waals surface area contributed by atoms with Gasteiger partial charge in [0.1, 0.15) is 35.1 Å². The van der Waals surface area contributed by atoms with Crippen LogP contribution in [0.4, 0.5) is 4.39 Å². The molecule has 2 aromatic rings. The highest BCUT2D eigenvalue weighted by Gasteiger charge is 2.29. The summed E-state index contributed by atoms with van der Waals surface area (Å²) in [5.74, 6) is 0.308. The van der Waals surface area contributed by atoms with Crippen LogP contribution in [0.3, 0.4) is 0 Å². The maximum absolute atomic E-state index is 13.3. The highest BCUT2D eigenvalue weighted by atomic mass is 19.1. The molecule has 154 valence electrons. The van der Waals surface area contributed by atoms with E-state index in [2.05, 4.69) is 0 Å². The van der Waals surface area contributed by atoms with E-state index in [-0.39, 0.29) is 29.5 Å². The Bertz CT molecular complexity index is 942. The number of likely N-dealkylation sites (tertiary alicyclic amines) is 1. The van der Waals surface area contributed by atoms with Crippen molar-refractivity contribution in [1.82, 2.24) is 4.90 Å². The molecule has 0 saturated carbocycles. The molecule has 0 radical (unpaired) electrons. The number of hydrogen-bond donors (Lipinski definition) is 0. The third-order valence-corrected chi connectivity index (χ3v) is 5.46. The Balaban J connectivity index is 1.41. The molecule has 2 aliphatic rings. The van der Waals surface area contributed by atoms with Gasteiger partial charge in [-0.15, -0.1) is 0 Å². The molecule has 2 aliphatic heterocycles.